The molecule has 0 saturated carbocycles. The highest BCUT2D eigenvalue weighted by atomic mass is 16.4. The number of rotatable bonds is 6. The molecule has 94 valence electrons. The second-order valence-electron chi connectivity index (χ2n) is 3.91. The van der Waals surface area contributed by atoms with Crippen LogP contribution < -0.4 is 0 Å². The lowest BCUT2D eigenvalue weighted by Crippen LogP contribution is -2.39. The summed E-state index contributed by atoms with van der Waals surface area (Å²) in [6.07, 6.45) is 2.83. The van der Waals surface area contributed by atoms with Crippen molar-refractivity contribution in [3.63, 3.8) is 0 Å². The number of carbonyl (C=O) groups is 2. The molecule has 0 fully saturated rings. The van der Waals surface area contributed by atoms with Crippen molar-refractivity contribution < 1.29 is 14.7 Å². The molecule has 1 rings (SSSR count). The summed E-state index contributed by atoms with van der Waals surface area (Å²) >= 11 is 0. The smallest absolute Gasteiger partial charge is 0.323 e. The molecule has 7 heteroatoms. The van der Waals surface area contributed by atoms with Crippen LogP contribution in [0, 0.1) is 0 Å². The molecule has 0 aliphatic heterocycles. The first kappa shape index (κ1) is 13.2. The van der Waals surface area contributed by atoms with E-state index in [1.54, 1.807) is 0 Å². The van der Waals surface area contributed by atoms with Crippen LogP contribution in [0.5, 0.6) is 0 Å². The summed E-state index contributed by atoms with van der Waals surface area (Å²) in [5, 5.41) is 15.0. The molecule has 1 amide bonds. The van der Waals surface area contributed by atoms with Gasteiger partial charge >= 0.3 is 5.97 Å². The highest BCUT2D eigenvalue weighted by molar-refractivity contribution is 5.95. The Morgan fingerprint density at radius 3 is 2.59 bits per heavy atom. The molecule has 1 heterocycles. The lowest BCUT2D eigenvalue weighted by molar-refractivity contribution is -0.137. The zero-order valence-corrected chi connectivity index (χ0v) is 9.88. The zero-order valence-electron chi connectivity index (χ0n) is 9.88. The topological polar surface area (TPSA) is 89.5 Å². The van der Waals surface area contributed by atoms with Crippen molar-refractivity contribution in [1.82, 2.24) is 20.0 Å². The first-order valence-electron chi connectivity index (χ1n) is 5.15. The second kappa shape index (κ2) is 6.00. The Hall–Kier alpha value is -1.89. The van der Waals surface area contributed by atoms with Gasteiger partial charge in [0, 0.05) is 19.3 Å². The Labute approximate surface area is 99.0 Å². The predicted molar refractivity (Wildman–Crippen MR) is 60.7 cm³/mol. The van der Waals surface area contributed by atoms with Crippen LogP contribution in [0.3, 0.4) is 0 Å². The molecule has 0 aliphatic carbocycles. The van der Waals surface area contributed by atoms with E-state index in [2.05, 4.69) is 10.2 Å². The van der Waals surface area contributed by atoms with E-state index < -0.39 is 5.97 Å². The van der Waals surface area contributed by atoms with Crippen molar-refractivity contribution in [3.05, 3.63) is 18.0 Å². The Bertz CT molecular complexity index is 375. The van der Waals surface area contributed by atoms with Crippen LogP contribution in [-0.4, -0.2) is 70.7 Å². The number of aliphatic carboxylic acids is 1. The molecule has 17 heavy (non-hydrogen) atoms. The van der Waals surface area contributed by atoms with E-state index in [0.717, 1.165) is 0 Å². The van der Waals surface area contributed by atoms with E-state index in [-0.39, 0.29) is 12.5 Å². The van der Waals surface area contributed by atoms with Gasteiger partial charge in [-0.3, -0.25) is 14.7 Å². The molecule has 0 radical (unpaired) electrons. The number of carboxylic acids is 1. The number of nitrogens with one attached hydrogen (secondary N) is 1. The largest absolute Gasteiger partial charge is 0.480 e. The molecule has 0 aromatic carbocycles. The molecule has 2 N–H and O–H groups in total. The van der Waals surface area contributed by atoms with Gasteiger partial charge in [0.25, 0.3) is 5.91 Å². The van der Waals surface area contributed by atoms with Crippen molar-refractivity contribution in [2.75, 3.05) is 33.7 Å². The van der Waals surface area contributed by atoms with Gasteiger partial charge in [-0.05, 0) is 14.1 Å². The minimum atomic E-state index is -1.03. The van der Waals surface area contributed by atoms with Crippen molar-refractivity contribution in [1.29, 1.82) is 0 Å². The Morgan fingerprint density at radius 1 is 1.41 bits per heavy atom. The quantitative estimate of drug-likeness (QED) is 0.699. The number of H-pyrrole nitrogens is 1. The number of carbonyl (C=O) groups excluding carboxylic acids is 1. The number of carboxylic acid groups (broad SMARTS) is 1. The van der Waals surface area contributed by atoms with Crippen LogP contribution >= 0.6 is 0 Å². The fourth-order valence-electron chi connectivity index (χ4n) is 1.29. The average Bonchev–Trinajstić information content (AvgIpc) is 2.75. The van der Waals surface area contributed by atoms with Gasteiger partial charge in [-0.1, -0.05) is 0 Å². The lowest BCUT2D eigenvalue weighted by atomic mass is 10.3. The predicted octanol–water partition coefficient (Wildman–Crippen LogP) is -0.502. The average molecular weight is 240 g/mol. The number of amides is 1. The molecule has 0 bridgehead atoms. The van der Waals surface area contributed by atoms with Crippen LogP contribution in [0.15, 0.2) is 12.4 Å². The van der Waals surface area contributed by atoms with Gasteiger partial charge in [-0.2, -0.15) is 5.10 Å². The monoisotopic (exact) mass is 240 g/mol. The summed E-state index contributed by atoms with van der Waals surface area (Å²) in [5.74, 6) is -1.36. The molecule has 7 nitrogen and oxygen atoms in total. The second-order valence-corrected chi connectivity index (χ2v) is 3.91. The summed E-state index contributed by atoms with van der Waals surface area (Å²) in [7, 11) is 3.72. The number of hydrogen-bond donors (Lipinski definition) is 2. The van der Waals surface area contributed by atoms with Crippen LogP contribution in [0.1, 0.15) is 10.4 Å². The molecule has 0 spiro atoms. The standard InChI is InChI=1S/C10H16N4O3/c1-13(2)3-4-14(7-9(15)16)10(17)8-5-11-12-6-8/h5-6H,3-4,7H2,1-2H3,(H,11,12)(H,15,16). The molecule has 1 aromatic rings. The zero-order chi connectivity index (χ0) is 12.8. The van der Waals surface area contributed by atoms with Crippen molar-refractivity contribution >= 4 is 11.9 Å². The number of aromatic amines is 1. The van der Waals surface area contributed by atoms with E-state index in [9.17, 15) is 9.59 Å². The van der Waals surface area contributed by atoms with Crippen molar-refractivity contribution in [3.8, 4) is 0 Å². The molecule has 0 aliphatic rings. The number of nitrogens with zero attached hydrogens (tertiary/aromatic N) is 3. The maximum absolute atomic E-state index is 11.9. The Balaban J connectivity index is 2.68. The third kappa shape index (κ3) is 4.23. The van der Waals surface area contributed by atoms with Gasteiger partial charge < -0.3 is 14.9 Å². The number of hydrogen-bond acceptors (Lipinski definition) is 4. The van der Waals surface area contributed by atoms with Crippen LogP contribution in [-0.2, 0) is 4.79 Å². The summed E-state index contributed by atoms with van der Waals surface area (Å²) < 4.78 is 0. The summed E-state index contributed by atoms with van der Waals surface area (Å²) in [5.41, 5.74) is 0.366. The van der Waals surface area contributed by atoms with E-state index >= 15 is 0 Å². The maximum Gasteiger partial charge on any atom is 0.323 e. The molecule has 0 saturated heterocycles. The Morgan fingerprint density at radius 2 is 2.12 bits per heavy atom. The molecule has 1 aromatic heterocycles. The summed E-state index contributed by atoms with van der Waals surface area (Å²) in [4.78, 5) is 25.8. The highest BCUT2D eigenvalue weighted by Gasteiger charge is 2.19. The minimum absolute atomic E-state index is 0.308. The first-order chi connectivity index (χ1) is 8.00. The Kier molecular flexibility index (Phi) is 4.65. The van der Waals surface area contributed by atoms with Gasteiger partial charge in [0.15, 0.2) is 0 Å². The van der Waals surface area contributed by atoms with Gasteiger partial charge in [0.1, 0.15) is 6.54 Å². The van der Waals surface area contributed by atoms with E-state index in [1.165, 1.54) is 17.3 Å². The van der Waals surface area contributed by atoms with Gasteiger partial charge in [0.05, 0.1) is 11.8 Å². The fraction of sp³-hybridized carbons (Fsp3) is 0.500. The van der Waals surface area contributed by atoms with Crippen LogP contribution in [0.25, 0.3) is 0 Å². The molecular weight excluding hydrogens is 224 g/mol. The minimum Gasteiger partial charge on any atom is -0.480 e. The third-order valence-corrected chi connectivity index (χ3v) is 2.18. The number of aromatic nitrogens is 2. The molecular formula is C10H16N4O3. The van der Waals surface area contributed by atoms with E-state index in [4.69, 9.17) is 5.11 Å². The van der Waals surface area contributed by atoms with Gasteiger partial charge in [0.2, 0.25) is 0 Å². The molecule has 0 unspecified atom stereocenters. The van der Waals surface area contributed by atoms with Crippen molar-refractivity contribution in [2.45, 2.75) is 0 Å². The van der Waals surface area contributed by atoms with E-state index in [1.807, 2.05) is 19.0 Å². The molecule has 0 atom stereocenters. The lowest BCUT2D eigenvalue weighted by Gasteiger charge is -2.21. The fourth-order valence-corrected chi connectivity index (χ4v) is 1.29. The summed E-state index contributed by atoms with van der Waals surface area (Å²) in [6.45, 7) is 0.665. The third-order valence-electron chi connectivity index (χ3n) is 2.18. The van der Waals surface area contributed by atoms with Gasteiger partial charge in [-0.25, -0.2) is 0 Å². The first-order valence-corrected chi connectivity index (χ1v) is 5.15. The van der Waals surface area contributed by atoms with Crippen LogP contribution in [0.2, 0.25) is 0 Å². The van der Waals surface area contributed by atoms with Gasteiger partial charge in [-0.15, -0.1) is 0 Å². The normalized spacial score (nSPS) is 10.5. The maximum atomic E-state index is 11.9. The van der Waals surface area contributed by atoms with E-state index in [0.29, 0.717) is 18.7 Å². The van der Waals surface area contributed by atoms with Crippen LogP contribution in [0.4, 0.5) is 0 Å². The summed E-state index contributed by atoms with van der Waals surface area (Å²) in [6, 6.07) is 0. The number of likely N-dealkylation sites (N-methyl/N-ethyl adjacent to an activating group) is 1. The SMILES string of the molecule is CN(C)CCN(CC(=O)O)C(=O)c1cn[nH]c1. The highest BCUT2D eigenvalue weighted by Crippen LogP contribution is 2.02. The van der Waals surface area contributed by atoms with Crippen molar-refractivity contribution in [2.24, 2.45) is 0 Å².